The Labute approximate surface area is 142 Å². The van der Waals surface area contributed by atoms with Gasteiger partial charge in [-0.3, -0.25) is 14.8 Å². The summed E-state index contributed by atoms with van der Waals surface area (Å²) in [5.74, 6) is 0.626. The van der Waals surface area contributed by atoms with E-state index in [-0.39, 0.29) is 5.91 Å². The van der Waals surface area contributed by atoms with Crippen LogP contribution in [0.2, 0.25) is 0 Å². The molecule has 0 radical (unpaired) electrons. The highest BCUT2D eigenvalue weighted by Gasteiger charge is 2.23. The van der Waals surface area contributed by atoms with E-state index < -0.39 is 0 Å². The first-order valence-electron chi connectivity index (χ1n) is 7.40. The molecule has 0 spiro atoms. The first-order chi connectivity index (χ1) is 11.8. The van der Waals surface area contributed by atoms with Crippen LogP contribution >= 0.6 is 11.8 Å². The normalized spacial score (nSPS) is 17.8. The van der Waals surface area contributed by atoms with Crippen molar-refractivity contribution >= 4 is 39.8 Å². The van der Waals surface area contributed by atoms with Gasteiger partial charge in [0.25, 0.3) is 5.91 Å². The number of hydrogen-bond acceptors (Lipinski definition) is 5. The van der Waals surface area contributed by atoms with Gasteiger partial charge in [0, 0.05) is 11.6 Å². The van der Waals surface area contributed by atoms with E-state index >= 15 is 0 Å². The number of benzene rings is 1. The van der Waals surface area contributed by atoms with Gasteiger partial charge in [-0.15, -0.1) is 0 Å². The maximum absolute atomic E-state index is 12.1. The van der Waals surface area contributed by atoms with Gasteiger partial charge in [-0.2, -0.15) is 0 Å². The summed E-state index contributed by atoms with van der Waals surface area (Å²) < 4.78 is 5.23. The summed E-state index contributed by atoms with van der Waals surface area (Å²) in [4.78, 5) is 21.4. The highest BCUT2D eigenvalue weighted by Crippen LogP contribution is 2.27. The molecule has 6 heteroatoms. The Balaban J connectivity index is 1.55. The zero-order valence-corrected chi connectivity index (χ0v) is 13.4. The molecule has 1 N–H and O–H groups in total. The number of nitrogens with one attached hydrogen (secondary N) is 1. The number of amides is 1. The van der Waals surface area contributed by atoms with Crippen LogP contribution in [0.4, 0.5) is 0 Å². The molecule has 0 atom stereocenters. The SMILES string of the molecule is O=C1NC(=NCc2ccco2)SC1=Cc1ccc2ncccc2c1. The zero-order valence-electron chi connectivity index (χ0n) is 12.6. The largest absolute Gasteiger partial charge is 0.467 e. The molecule has 4 rings (SSSR count). The second-order valence-electron chi connectivity index (χ2n) is 5.22. The summed E-state index contributed by atoms with van der Waals surface area (Å²) in [7, 11) is 0. The average molecular weight is 335 g/mol. The Kier molecular flexibility index (Phi) is 3.88. The summed E-state index contributed by atoms with van der Waals surface area (Å²) in [5.41, 5.74) is 1.89. The molecule has 0 aliphatic carbocycles. The van der Waals surface area contributed by atoms with Gasteiger partial charge in [0.2, 0.25) is 0 Å². The maximum Gasteiger partial charge on any atom is 0.264 e. The predicted molar refractivity (Wildman–Crippen MR) is 95.3 cm³/mol. The number of carbonyl (C=O) groups excluding carboxylic acids is 1. The first-order valence-corrected chi connectivity index (χ1v) is 8.22. The number of pyridine rings is 1. The van der Waals surface area contributed by atoms with Crippen molar-refractivity contribution in [1.82, 2.24) is 10.3 Å². The third kappa shape index (κ3) is 3.09. The van der Waals surface area contributed by atoms with Gasteiger partial charge in [0.1, 0.15) is 5.76 Å². The molecule has 1 aliphatic rings. The van der Waals surface area contributed by atoms with Crippen LogP contribution in [-0.4, -0.2) is 16.1 Å². The van der Waals surface area contributed by atoms with Gasteiger partial charge in [-0.05, 0) is 53.7 Å². The lowest BCUT2D eigenvalue weighted by Crippen LogP contribution is -2.19. The lowest BCUT2D eigenvalue weighted by Gasteiger charge is -1.99. The summed E-state index contributed by atoms with van der Waals surface area (Å²) >= 11 is 1.33. The molecule has 1 aromatic carbocycles. The highest BCUT2D eigenvalue weighted by molar-refractivity contribution is 8.18. The van der Waals surface area contributed by atoms with Crippen LogP contribution in [0.3, 0.4) is 0 Å². The third-order valence-electron chi connectivity index (χ3n) is 3.53. The van der Waals surface area contributed by atoms with Crippen LogP contribution < -0.4 is 5.32 Å². The zero-order chi connectivity index (χ0) is 16.4. The summed E-state index contributed by atoms with van der Waals surface area (Å²) in [6, 6.07) is 13.5. The van der Waals surface area contributed by atoms with Gasteiger partial charge in [0.15, 0.2) is 5.17 Å². The first kappa shape index (κ1) is 14.7. The van der Waals surface area contributed by atoms with Crippen LogP contribution in [0.5, 0.6) is 0 Å². The minimum Gasteiger partial charge on any atom is -0.467 e. The molecular formula is C18H13N3O2S. The van der Waals surface area contributed by atoms with Crippen molar-refractivity contribution in [2.24, 2.45) is 4.99 Å². The van der Waals surface area contributed by atoms with Gasteiger partial charge in [-0.25, -0.2) is 0 Å². The number of fused-ring (bicyclic) bond motifs is 1. The number of hydrogen-bond donors (Lipinski definition) is 1. The molecule has 1 saturated heterocycles. The molecule has 24 heavy (non-hydrogen) atoms. The molecule has 118 valence electrons. The van der Waals surface area contributed by atoms with Crippen LogP contribution in [0.1, 0.15) is 11.3 Å². The second-order valence-corrected chi connectivity index (χ2v) is 6.25. The average Bonchev–Trinajstić information content (AvgIpc) is 3.23. The molecule has 3 heterocycles. The minimum absolute atomic E-state index is 0.135. The Bertz CT molecular complexity index is 961. The fourth-order valence-corrected chi connectivity index (χ4v) is 3.21. The number of thioether (sulfide) groups is 1. The quantitative estimate of drug-likeness (QED) is 0.743. The van der Waals surface area contributed by atoms with Crippen molar-refractivity contribution in [2.45, 2.75) is 6.54 Å². The summed E-state index contributed by atoms with van der Waals surface area (Å²) in [6.45, 7) is 0.407. The van der Waals surface area contributed by atoms with E-state index in [1.807, 2.05) is 48.5 Å². The van der Waals surface area contributed by atoms with Crippen molar-refractivity contribution in [1.29, 1.82) is 0 Å². The number of furan rings is 1. The predicted octanol–water partition coefficient (Wildman–Crippen LogP) is 3.59. The van der Waals surface area contributed by atoms with Crippen molar-refractivity contribution in [2.75, 3.05) is 0 Å². The van der Waals surface area contributed by atoms with Gasteiger partial charge in [0.05, 0.1) is 23.2 Å². The standard InChI is InChI=1S/C18H13N3O2S/c22-17-16(24-18(21-17)20-11-14-4-2-8-23-14)10-12-5-6-15-13(9-12)3-1-7-19-15/h1-10H,11H2,(H,20,21,22). The van der Waals surface area contributed by atoms with Crippen LogP contribution in [-0.2, 0) is 11.3 Å². The number of carbonyl (C=O) groups is 1. The topological polar surface area (TPSA) is 67.5 Å². The van der Waals surface area contributed by atoms with Crippen molar-refractivity contribution in [3.05, 3.63) is 71.2 Å². The molecule has 0 unspecified atom stereocenters. The minimum atomic E-state index is -0.135. The molecule has 2 aromatic heterocycles. The third-order valence-corrected chi connectivity index (χ3v) is 4.48. The van der Waals surface area contributed by atoms with Gasteiger partial charge in [-0.1, -0.05) is 12.1 Å². The van der Waals surface area contributed by atoms with E-state index in [4.69, 9.17) is 4.42 Å². The molecule has 5 nitrogen and oxygen atoms in total. The fraction of sp³-hybridized carbons (Fsp3) is 0.0556. The van der Waals surface area contributed by atoms with Crippen LogP contribution in [0.15, 0.2) is 69.2 Å². The Morgan fingerprint density at radius 3 is 3.08 bits per heavy atom. The van der Waals surface area contributed by atoms with Gasteiger partial charge >= 0.3 is 0 Å². The van der Waals surface area contributed by atoms with E-state index in [9.17, 15) is 4.79 Å². The Morgan fingerprint density at radius 1 is 1.25 bits per heavy atom. The fourth-order valence-electron chi connectivity index (χ4n) is 2.39. The Morgan fingerprint density at radius 2 is 2.21 bits per heavy atom. The number of nitrogens with zero attached hydrogens (tertiary/aromatic N) is 2. The lowest BCUT2D eigenvalue weighted by atomic mass is 10.1. The molecule has 1 amide bonds. The maximum atomic E-state index is 12.1. The highest BCUT2D eigenvalue weighted by atomic mass is 32.2. The Hall–Kier alpha value is -2.86. The van der Waals surface area contributed by atoms with Gasteiger partial charge < -0.3 is 9.73 Å². The van der Waals surface area contributed by atoms with E-state index in [1.54, 1.807) is 12.5 Å². The molecule has 1 fully saturated rings. The monoisotopic (exact) mass is 335 g/mol. The second kappa shape index (κ2) is 6.33. The van der Waals surface area contributed by atoms with E-state index in [0.717, 1.165) is 22.2 Å². The molecule has 0 bridgehead atoms. The number of amidine groups is 1. The molecule has 3 aromatic rings. The smallest absolute Gasteiger partial charge is 0.264 e. The molecule has 0 saturated carbocycles. The number of aliphatic imine (C=N–C) groups is 1. The van der Waals surface area contributed by atoms with E-state index in [0.29, 0.717) is 16.6 Å². The van der Waals surface area contributed by atoms with E-state index in [1.165, 1.54) is 11.8 Å². The van der Waals surface area contributed by atoms with Crippen molar-refractivity contribution in [3.63, 3.8) is 0 Å². The summed E-state index contributed by atoms with van der Waals surface area (Å²) in [5, 5.41) is 4.41. The lowest BCUT2D eigenvalue weighted by molar-refractivity contribution is -0.115. The number of aromatic nitrogens is 1. The summed E-state index contributed by atoms with van der Waals surface area (Å²) in [6.07, 6.45) is 5.24. The van der Waals surface area contributed by atoms with E-state index in [2.05, 4.69) is 15.3 Å². The van der Waals surface area contributed by atoms with Crippen molar-refractivity contribution in [3.8, 4) is 0 Å². The molecule has 1 aliphatic heterocycles. The van der Waals surface area contributed by atoms with Crippen molar-refractivity contribution < 1.29 is 9.21 Å². The van der Waals surface area contributed by atoms with Crippen LogP contribution in [0, 0.1) is 0 Å². The number of rotatable bonds is 3. The molecular weight excluding hydrogens is 322 g/mol. The van der Waals surface area contributed by atoms with Crippen LogP contribution in [0.25, 0.3) is 17.0 Å².